The van der Waals surface area contributed by atoms with Crippen LogP contribution in [0.3, 0.4) is 0 Å². The molecule has 0 aliphatic heterocycles. The Morgan fingerprint density at radius 2 is 2.25 bits per heavy atom. The molecule has 1 N–H and O–H groups in total. The highest BCUT2D eigenvalue weighted by Gasteiger charge is 2.24. The third-order valence-corrected chi connectivity index (χ3v) is 2.24. The maximum atomic E-state index is 11.4. The van der Waals surface area contributed by atoms with E-state index in [9.17, 15) is 9.90 Å². The number of carbonyl (C=O) groups excluding carboxylic acids is 1. The second-order valence-corrected chi connectivity index (χ2v) is 3.32. The number of aliphatic hydroxyl groups excluding tert-OH is 1. The average Bonchev–Trinajstić information content (AvgIpc) is 1.97. The summed E-state index contributed by atoms with van der Waals surface area (Å²) in [6.45, 7) is 7.32. The molecule has 0 amide bonds. The maximum absolute atomic E-state index is 11.4. The molecule has 12 heavy (non-hydrogen) atoms. The highest BCUT2D eigenvalue weighted by atomic mass is 16.3. The fraction of sp³-hybridized carbons (Fsp3) is 0.500. The first kappa shape index (κ1) is 9.20. The van der Waals surface area contributed by atoms with Crippen molar-refractivity contribution in [2.45, 2.75) is 32.8 Å². The lowest BCUT2D eigenvalue weighted by molar-refractivity contribution is -0.116. The van der Waals surface area contributed by atoms with Crippen LogP contribution in [0.2, 0.25) is 0 Å². The molecule has 0 saturated heterocycles. The van der Waals surface area contributed by atoms with Crippen molar-refractivity contribution in [2.75, 3.05) is 0 Å². The third-order valence-electron chi connectivity index (χ3n) is 2.24. The van der Waals surface area contributed by atoms with Crippen molar-refractivity contribution >= 4 is 5.78 Å². The molecule has 2 nitrogen and oxygen atoms in total. The molecule has 1 aliphatic carbocycles. The summed E-state index contributed by atoms with van der Waals surface area (Å²) < 4.78 is 0. The summed E-state index contributed by atoms with van der Waals surface area (Å²) in [7, 11) is 0. The van der Waals surface area contributed by atoms with Crippen LogP contribution >= 0.6 is 0 Å². The minimum atomic E-state index is -0.450. The van der Waals surface area contributed by atoms with Crippen molar-refractivity contribution < 1.29 is 9.90 Å². The van der Waals surface area contributed by atoms with Crippen LogP contribution in [0.5, 0.6) is 0 Å². The Morgan fingerprint density at radius 3 is 2.67 bits per heavy atom. The van der Waals surface area contributed by atoms with Crippen molar-refractivity contribution in [3.63, 3.8) is 0 Å². The van der Waals surface area contributed by atoms with Gasteiger partial charge in [-0.2, -0.15) is 0 Å². The molecule has 0 aromatic carbocycles. The molecule has 0 radical (unpaired) electrons. The van der Waals surface area contributed by atoms with E-state index >= 15 is 0 Å². The van der Waals surface area contributed by atoms with Gasteiger partial charge in [0.2, 0.25) is 0 Å². The van der Waals surface area contributed by atoms with E-state index in [0.717, 1.165) is 11.1 Å². The number of aliphatic hydroxyl groups is 1. The predicted octanol–water partition coefficient (Wildman–Crippen LogP) is 1.60. The molecule has 0 bridgehead atoms. The topological polar surface area (TPSA) is 37.3 Å². The molecule has 66 valence electrons. The molecule has 2 heteroatoms. The second-order valence-electron chi connectivity index (χ2n) is 3.32. The van der Waals surface area contributed by atoms with Gasteiger partial charge in [0.05, 0.1) is 6.10 Å². The van der Waals surface area contributed by atoms with Gasteiger partial charge in [-0.1, -0.05) is 6.58 Å². The SMILES string of the molecule is C=C(C)C1=C(C)C(O)CCC1=O. The molecule has 0 aromatic heterocycles. The minimum absolute atomic E-state index is 0.116. The van der Waals surface area contributed by atoms with E-state index in [-0.39, 0.29) is 5.78 Å². The zero-order valence-electron chi connectivity index (χ0n) is 7.55. The lowest BCUT2D eigenvalue weighted by Crippen LogP contribution is -2.22. The van der Waals surface area contributed by atoms with E-state index in [1.54, 1.807) is 13.8 Å². The first-order chi connectivity index (χ1) is 5.54. The number of allylic oxidation sites excluding steroid dienone is 2. The lowest BCUT2D eigenvalue weighted by atomic mass is 9.86. The van der Waals surface area contributed by atoms with E-state index < -0.39 is 6.10 Å². The van der Waals surface area contributed by atoms with Gasteiger partial charge >= 0.3 is 0 Å². The first-order valence-electron chi connectivity index (χ1n) is 4.12. The maximum Gasteiger partial charge on any atom is 0.163 e. The Kier molecular flexibility index (Phi) is 2.48. The molecule has 1 atom stereocenters. The fourth-order valence-corrected chi connectivity index (χ4v) is 1.57. The van der Waals surface area contributed by atoms with Crippen molar-refractivity contribution in [1.29, 1.82) is 0 Å². The summed E-state index contributed by atoms with van der Waals surface area (Å²) in [5.74, 6) is 0.116. The Hall–Kier alpha value is -0.890. The van der Waals surface area contributed by atoms with Gasteiger partial charge in [-0.15, -0.1) is 0 Å². The Morgan fingerprint density at radius 1 is 1.67 bits per heavy atom. The quantitative estimate of drug-likeness (QED) is 0.642. The number of hydrogen-bond acceptors (Lipinski definition) is 2. The summed E-state index contributed by atoms with van der Waals surface area (Å²) in [5.41, 5.74) is 2.18. The van der Waals surface area contributed by atoms with Crippen molar-refractivity contribution in [3.05, 3.63) is 23.3 Å². The predicted molar refractivity (Wildman–Crippen MR) is 47.8 cm³/mol. The molecule has 0 heterocycles. The van der Waals surface area contributed by atoms with Crippen molar-refractivity contribution in [1.82, 2.24) is 0 Å². The average molecular weight is 166 g/mol. The molecular formula is C10H14O2. The normalized spacial score (nSPS) is 24.6. The minimum Gasteiger partial charge on any atom is -0.389 e. The largest absolute Gasteiger partial charge is 0.389 e. The number of Topliss-reactive ketones (excluding diaryl/α,β-unsaturated/α-hetero) is 1. The number of hydrogen-bond donors (Lipinski definition) is 1. The van der Waals surface area contributed by atoms with Crippen LogP contribution in [0.1, 0.15) is 26.7 Å². The van der Waals surface area contributed by atoms with Gasteiger partial charge in [0.1, 0.15) is 0 Å². The fourth-order valence-electron chi connectivity index (χ4n) is 1.57. The van der Waals surface area contributed by atoms with Crippen LogP contribution in [0, 0.1) is 0 Å². The molecule has 0 saturated carbocycles. The first-order valence-corrected chi connectivity index (χ1v) is 4.12. The van der Waals surface area contributed by atoms with Crippen LogP contribution in [-0.4, -0.2) is 17.0 Å². The number of carbonyl (C=O) groups is 1. The summed E-state index contributed by atoms with van der Waals surface area (Å²) in [6, 6.07) is 0. The van der Waals surface area contributed by atoms with E-state index in [1.165, 1.54) is 0 Å². The van der Waals surface area contributed by atoms with Gasteiger partial charge in [-0.05, 0) is 31.4 Å². The number of ketones is 1. The van der Waals surface area contributed by atoms with Gasteiger partial charge in [0.15, 0.2) is 5.78 Å². The van der Waals surface area contributed by atoms with Gasteiger partial charge in [-0.3, -0.25) is 4.79 Å². The molecular weight excluding hydrogens is 152 g/mol. The lowest BCUT2D eigenvalue weighted by Gasteiger charge is -2.21. The van der Waals surface area contributed by atoms with Gasteiger partial charge in [-0.25, -0.2) is 0 Å². The zero-order valence-corrected chi connectivity index (χ0v) is 7.55. The van der Waals surface area contributed by atoms with Crippen molar-refractivity contribution in [2.24, 2.45) is 0 Å². The highest BCUT2D eigenvalue weighted by Crippen LogP contribution is 2.26. The van der Waals surface area contributed by atoms with Gasteiger partial charge in [0.25, 0.3) is 0 Å². The molecule has 0 aromatic rings. The van der Waals surface area contributed by atoms with Crippen LogP contribution < -0.4 is 0 Å². The summed E-state index contributed by atoms with van der Waals surface area (Å²) in [4.78, 5) is 11.4. The van der Waals surface area contributed by atoms with Crippen molar-refractivity contribution in [3.8, 4) is 0 Å². The van der Waals surface area contributed by atoms with Gasteiger partial charge < -0.3 is 5.11 Å². The number of rotatable bonds is 1. The van der Waals surface area contributed by atoms with Gasteiger partial charge in [0, 0.05) is 12.0 Å². The van der Waals surface area contributed by atoms with E-state index in [4.69, 9.17) is 0 Å². The zero-order chi connectivity index (χ0) is 9.30. The summed E-state index contributed by atoms with van der Waals surface area (Å²) >= 11 is 0. The van der Waals surface area contributed by atoms with Crippen LogP contribution in [0.25, 0.3) is 0 Å². The Bertz CT molecular complexity index is 261. The van der Waals surface area contributed by atoms with E-state index in [2.05, 4.69) is 6.58 Å². The standard InChI is InChI=1S/C10H14O2/c1-6(2)10-7(3)8(11)4-5-9(10)12/h8,11H,1,4-5H2,2-3H3. The van der Waals surface area contributed by atoms with Crippen LogP contribution in [0.4, 0.5) is 0 Å². The highest BCUT2D eigenvalue weighted by molar-refractivity contribution is 6.00. The summed E-state index contributed by atoms with van der Waals surface area (Å²) in [5, 5.41) is 9.46. The van der Waals surface area contributed by atoms with E-state index in [1.807, 2.05) is 0 Å². The summed E-state index contributed by atoms with van der Waals surface area (Å²) in [6.07, 6.45) is 0.552. The molecule has 1 aliphatic rings. The van der Waals surface area contributed by atoms with E-state index in [0.29, 0.717) is 18.4 Å². The molecule has 1 unspecified atom stereocenters. The third kappa shape index (κ3) is 1.48. The molecule has 0 spiro atoms. The Balaban J connectivity index is 3.10. The molecule has 0 fully saturated rings. The smallest absolute Gasteiger partial charge is 0.163 e. The Labute approximate surface area is 72.6 Å². The van der Waals surface area contributed by atoms with Crippen LogP contribution in [-0.2, 0) is 4.79 Å². The second kappa shape index (κ2) is 3.23. The molecule has 1 rings (SSSR count). The monoisotopic (exact) mass is 166 g/mol. The van der Waals surface area contributed by atoms with Crippen LogP contribution in [0.15, 0.2) is 23.3 Å².